The van der Waals surface area contributed by atoms with Crippen molar-refractivity contribution in [3.05, 3.63) is 77.4 Å². The average Bonchev–Trinajstić information content (AvgIpc) is 3.20. The van der Waals surface area contributed by atoms with Crippen molar-refractivity contribution in [3.8, 4) is 0 Å². The number of rotatable bonds is 4. The standard InChI is InChI=1S/C23H22O2/c24-23(25-14-15-7-3-1-4-8-15)22-19(16-9-5-2-6-10-16)20-17-11-12-18(13-17)21(20)22/h1-10,17-18,20-21H,11-14H2/t17-,18+,20-,21-/m1/s1. The Morgan fingerprint density at radius 1 is 0.880 bits per heavy atom. The molecule has 2 nitrogen and oxygen atoms in total. The third kappa shape index (κ3) is 2.35. The molecule has 2 aromatic rings. The Morgan fingerprint density at radius 3 is 2.24 bits per heavy atom. The quantitative estimate of drug-likeness (QED) is 0.748. The van der Waals surface area contributed by atoms with E-state index in [2.05, 4.69) is 24.3 Å². The molecular weight excluding hydrogens is 308 g/mol. The van der Waals surface area contributed by atoms with Crippen LogP contribution in [0, 0.1) is 23.7 Å². The Labute approximate surface area is 148 Å². The van der Waals surface area contributed by atoms with Gasteiger partial charge in [-0.3, -0.25) is 0 Å². The summed E-state index contributed by atoms with van der Waals surface area (Å²) in [6, 6.07) is 20.4. The fourth-order valence-corrected chi connectivity index (χ4v) is 5.40. The Kier molecular flexibility index (Phi) is 3.51. The second-order valence-corrected chi connectivity index (χ2v) is 7.64. The molecule has 3 aliphatic carbocycles. The fourth-order valence-electron chi connectivity index (χ4n) is 5.40. The van der Waals surface area contributed by atoms with Crippen molar-refractivity contribution in [1.82, 2.24) is 0 Å². The Hall–Kier alpha value is -2.35. The van der Waals surface area contributed by atoms with Crippen LogP contribution in [0.3, 0.4) is 0 Å². The molecule has 0 spiro atoms. The Bertz CT molecular complexity index is 822. The summed E-state index contributed by atoms with van der Waals surface area (Å²) in [6.45, 7) is 0.358. The largest absolute Gasteiger partial charge is 0.457 e. The summed E-state index contributed by atoms with van der Waals surface area (Å²) in [7, 11) is 0. The highest BCUT2D eigenvalue weighted by molar-refractivity contribution is 6.03. The first-order valence-corrected chi connectivity index (χ1v) is 9.33. The first-order valence-electron chi connectivity index (χ1n) is 9.33. The molecule has 4 atom stereocenters. The Balaban J connectivity index is 1.45. The lowest BCUT2D eigenvalue weighted by atomic mass is 9.59. The van der Waals surface area contributed by atoms with Crippen LogP contribution < -0.4 is 0 Å². The van der Waals surface area contributed by atoms with Crippen molar-refractivity contribution in [1.29, 1.82) is 0 Å². The van der Waals surface area contributed by atoms with Gasteiger partial charge >= 0.3 is 5.97 Å². The highest BCUT2D eigenvalue weighted by atomic mass is 16.5. The molecule has 25 heavy (non-hydrogen) atoms. The van der Waals surface area contributed by atoms with Crippen LogP contribution in [-0.2, 0) is 16.1 Å². The number of esters is 1. The molecule has 0 saturated heterocycles. The van der Waals surface area contributed by atoms with Crippen LogP contribution in [-0.4, -0.2) is 5.97 Å². The monoisotopic (exact) mass is 330 g/mol. The van der Waals surface area contributed by atoms with Crippen LogP contribution in [0.1, 0.15) is 30.4 Å². The van der Waals surface area contributed by atoms with Gasteiger partial charge in [0.25, 0.3) is 0 Å². The number of carbonyl (C=O) groups excluding carboxylic acids is 1. The van der Waals surface area contributed by atoms with Crippen molar-refractivity contribution in [2.24, 2.45) is 23.7 Å². The van der Waals surface area contributed by atoms with Gasteiger partial charge in [0.15, 0.2) is 0 Å². The van der Waals surface area contributed by atoms with Gasteiger partial charge in [0.05, 0.1) is 0 Å². The molecule has 0 heterocycles. The SMILES string of the molecule is O=C(OCc1ccccc1)C1=C(c2ccccc2)[C@H]2[C@@H]3CC[C@@H](C3)[C@@H]12. The van der Waals surface area contributed by atoms with Gasteiger partial charge in [0, 0.05) is 11.5 Å². The molecule has 0 unspecified atom stereocenters. The maximum Gasteiger partial charge on any atom is 0.334 e. The molecule has 126 valence electrons. The van der Waals surface area contributed by atoms with Gasteiger partial charge in [0.1, 0.15) is 6.61 Å². The lowest BCUT2D eigenvalue weighted by Gasteiger charge is -2.44. The second-order valence-electron chi connectivity index (χ2n) is 7.64. The van der Waals surface area contributed by atoms with E-state index in [0.717, 1.165) is 17.1 Å². The molecule has 0 aromatic heterocycles. The predicted molar refractivity (Wildman–Crippen MR) is 97.4 cm³/mol. The minimum atomic E-state index is -0.100. The fraction of sp³-hybridized carbons (Fsp3) is 0.348. The van der Waals surface area contributed by atoms with E-state index in [9.17, 15) is 4.79 Å². The van der Waals surface area contributed by atoms with E-state index in [4.69, 9.17) is 4.74 Å². The zero-order valence-electron chi connectivity index (χ0n) is 14.2. The van der Waals surface area contributed by atoms with E-state index in [1.54, 1.807) is 0 Å². The number of hydrogen-bond donors (Lipinski definition) is 0. The molecule has 3 aliphatic rings. The highest BCUT2D eigenvalue weighted by Gasteiger charge is 2.58. The molecular formula is C23H22O2. The number of hydrogen-bond acceptors (Lipinski definition) is 2. The number of benzene rings is 2. The summed E-state index contributed by atoms with van der Waals surface area (Å²) >= 11 is 0. The van der Waals surface area contributed by atoms with Crippen molar-refractivity contribution in [2.45, 2.75) is 25.9 Å². The van der Waals surface area contributed by atoms with Crippen molar-refractivity contribution >= 4 is 11.5 Å². The van der Waals surface area contributed by atoms with Crippen molar-refractivity contribution in [3.63, 3.8) is 0 Å². The van der Waals surface area contributed by atoms with Gasteiger partial charge in [-0.05, 0) is 53.7 Å². The maximum atomic E-state index is 12.9. The van der Waals surface area contributed by atoms with Crippen LogP contribution in [0.4, 0.5) is 0 Å². The summed E-state index contributed by atoms with van der Waals surface area (Å²) in [4.78, 5) is 12.9. The number of fused-ring (bicyclic) bond motifs is 5. The smallest absolute Gasteiger partial charge is 0.334 e. The van der Waals surface area contributed by atoms with E-state index >= 15 is 0 Å². The third-order valence-corrected chi connectivity index (χ3v) is 6.39. The zero-order valence-corrected chi connectivity index (χ0v) is 14.2. The summed E-state index contributed by atoms with van der Waals surface area (Å²) in [5, 5.41) is 0. The first kappa shape index (κ1) is 14.9. The predicted octanol–water partition coefficient (Wildman–Crippen LogP) is 4.86. The molecule has 2 heteroatoms. The minimum Gasteiger partial charge on any atom is -0.457 e. The van der Waals surface area contributed by atoms with E-state index in [1.165, 1.54) is 30.4 Å². The van der Waals surface area contributed by atoms with E-state index in [-0.39, 0.29) is 5.97 Å². The summed E-state index contributed by atoms with van der Waals surface area (Å²) in [5.74, 6) is 2.40. The molecule has 2 aromatic carbocycles. The Morgan fingerprint density at radius 2 is 1.52 bits per heavy atom. The maximum absolute atomic E-state index is 12.9. The van der Waals surface area contributed by atoms with Gasteiger partial charge in [0.2, 0.25) is 0 Å². The van der Waals surface area contributed by atoms with Crippen LogP contribution >= 0.6 is 0 Å². The lowest BCUT2D eigenvalue weighted by molar-refractivity contribution is -0.141. The molecule has 0 radical (unpaired) electrons. The van der Waals surface area contributed by atoms with Gasteiger partial charge in [-0.15, -0.1) is 0 Å². The second kappa shape index (κ2) is 5.87. The summed E-state index contributed by atoms with van der Waals surface area (Å²) in [5.41, 5.74) is 4.50. The lowest BCUT2D eigenvalue weighted by Crippen LogP contribution is -2.38. The molecule has 2 saturated carbocycles. The topological polar surface area (TPSA) is 26.3 Å². The van der Waals surface area contributed by atoms with Gasteiger partial charge < -0.3 is 4.74 Å². The number of carbonyl (C=O) groups is 1. The van der Waals surface area contributed by atoms with E-state index < -0.39 is 0 Å². The number of allylic oxidation sites excluding steroid dienone is 1. The van der Waals surface area contributed by atoms with Crippen LogP contribution in [0.2, 0.25) is 0 Å². The minimum absolute atomic E-state index is 0.100. The highest BCUT2D eigenvalue weighted by Crippen LogP contribution is 2.66. The van der Waals surface area contributed by atoms with Crippen LogP contribution in [0.15, 0.2) is 66.2 Å². The van der Waals surface area contributed by atoms with Crippen molar-refractivity contribution in [2.75, 3.05) is 0 Å². The van der Waals surface area contributed by atoms with Crippen LogP contribution in [0.5, 0.6) is 0 Å². The molecule has 0 N–H and O–H groups in total. The van der Waals surface area contributed by atoms with Gasteiger partial charge in [-0.25, -0.2) is 4.79 Å². The zero-order chi connectivity index (χ0) is 16.8. The van der Waals surface area contributed by atoms with Gasteiger partial charge in [-0.2, -0.15) is 0 Å². The van der Waals surface area contributed by atoms with Crippen molar-refractivity contribution < 1.29 is 9.53 Å². The third-order valence-electron chi connectivity index (χ3n) is 6.39. The summed E-state index contributed by atoms with van der Waals surface area (Å²) in [6.07, 6.45) is 3.90. The normalized spacial score (nSPS) is 29.3. The molecule has 2 bridgehead atoms. The average molecular weight is 330 g/mol. The van der Waals surface area contributed by atoms with E-state index in [1.807, 2.05) is 36.4 Å². The first-order chi connectivity index (χ1) is 12.3. The molecule has 2 fully saturated rings. The molecule has 0 amide bonds. The van der Waals surface area contributed by atoms with Gasteiger partial charge in [-0.1, -0.05) is 60.7 Å². The molecule has 0 aliphatic heterocycles. The molecule has 5 rings (SSSR count). The summed E-state index contributed by atoms with van der Waals surface area (Å²) < 4.78 is 5.70. The van der Waals surface area contributed by atoms with E-state index in [0.29, 0.717) is 24.4 Å². The van der Waals surface area contributed by atoms with Crippen LogP contribution in [0.25, 0.3) is 5.57 Å². The number of ether oxygens (including phenoxy) is 1.